The minimum atomic E-state index is -2.22. The molecular formula is C16H22INO4S. The monoisotopic (exact) mass is 451 g/mol. The number of unbranched alkanes of at least 4 members (excludes halogenated alkanes) is 1. The van der Waals surface area contributed by atoms with E-state index in [-0.39, 0.29) is 41.9 Å². The van der Waals surface area contributed by atoms with Gasteiger partial charge in [0.15, 0.2) is 6.04 Å². The molecule has 0 radical (unpaired) electrons. The van der Waals surface area contributed by atoms with Gasteiger partial charge in [-0.05, 0) is 39.3 Å². The maximum Gasteiger partial charge on any atom is 0.303 e. The van der Waals surface area contributed by atoms with Crippen LogP contribution >= 0.6 is 0 Å². The summed E-state index contributed by atoms with van der Waals surface area (Å²) in [6, 6.07) is 0.239. The number of allylic oxidation sites excluding steroid dienone is 3. The zero-order chi connectivity index (χ0) is 16.5. The van der Waals surface area contributed by atoms with Crippen LogP contribution in [0.15, 0.2) is 23.8 Å². The average molecular weight is 451 g/mol. The molecule has 0 saturated carbocycles. The number of carbonyl (C=O) groups is 1. The lowest BCUT2D eigenvalue weighted by Crippen LogP contribution is -3.00. The van der Waals surface area contributed by atoms with E-state index in [4.69, 9.17) is 5.11 Å². The van der Waals surface area contributed by atoms with E-state index in [9.17, 15) is 13.2 Å². The molecule has 0 aromatic rings. The highest BCUT2D eigenvalue weighted by Gasteiger charge is 2.48. The summed E-state index contributed by atoms with van der Waals surface area (Å²) in [4.78, 5) is 10.9. The van der Waals surface area contributed by atoms with Crippen molar-refractivity contribution >= 4 is 26.8 Å². The Bertz CT molecular complexity index is 721. The van der Waals surface area contributed by atoms with E-state index >= 15 is 0 Å². The highest BCUT2D eigenvalue weighted by atomic mass is 127. The first-order chi connectivity index (χ1) is 10.2. The quantitative estimate of drug-likeness (QED) is 0.244. The van der Waals surface area contributed by atoms with E-state index in [1.807, 2.05) is 6.08 Å². The number of rotatable bonds is 5. The molecule has 0 aromatic carbocycles. The summed E-state index contributed by atoms with van der Waals surface area (Å²) >= 11 is 0. The number of halogens is 1. The first-order valence-corrected chi connectivity index (χ1v) is 8.55. The maximum atomic E-state index is 11.2. The Labute approximate surface area is 155 Å². The molecule has 1 aliphatic heterocycles. The number of carboxylic acid groups (broad SMARTS) is 1. The molecule has 0 amide bonds. The number of hydrogen-bond acceptors (Lipinski definition) is 3. The van der Waals surface area contributed by atoms with Crippen LogP contribution in [0.5, 0.6) is 0 Å². The lowest BCUT2D eigenvalue weighted by molar-refractivity contribution is -0.565. The third kappa shape index (κ3) is 4.12. The van der Waals surface area contributed by atoms with Crippen LogP contribution in [0.1, 0.15) is 40.0 Å². The van der Waals surface area contributed by atoms with Gasteiger partial charge in [0.25, 0.3) is 0 Å². The molecule has 0 aromatic heterocycles. The van der Waals surface area contributed by atoms with E-state index < -0.39 is 16.3 Å². The number of hydrogen-bond donors (Lipinski definition) is 1. The largest absolute Gasteiger partial charge is 1.00 e. The van der Waals surface area contributed by atoms with Gasteiger partial charge in [0.2, 0.25) is 16.0 Å². The summed E-state index contributed by atoms with van der Waals surface area (Å²) in [5, 5.41) is 8.71. The van der Waals surface area contributed by atoms with Crippen molar-refractivity contribution in [3.8, 4) is 0 Å². The van der Waals surface area contributed by atoms with Crippen molar-refractivity contribution < 1.29 is 46.9 Å². The van der Waals surface area contributed by atoms with E-state index in [1.165, 1.54) is 0 Å². The molecule has 2 aliphatic rings. The van der Waals surface area contributed by atoms with Gasteiger partial charge in [-0.25, -0.2) is 4.58 Å². The van der Waals surface area contributed by atoms with E-state index in [0.717, 1.165) is 24.3 Å². The standard InChI is InChI=1S/C16H21NO4S.HI/c1-11-16(2,3)13-10-12(22(20)21)7-8-14(13)17(11)9-5-4-6-15(18)19;/h7-8,10-11H,4-6,9H2,1-3H3;1H. The van der Waals surface area contributed by atoms with Crippen LogP contribution in [0, 0.1) is 5.41 Å². The molecule has 0 bridgehead atoms. The van der Waals surface area contributed by atoms with Gasteiger partial charge >= 0.3 is 5.97 Å². The summed E-state index contributed by atoms with van der Waals surface area (Å²) < 4.78 is 24.6. The summed E-state index contributed by atoms with van der Waals surface area (Å²) in [7, 11) is -2.22. The molecule has 0 spiro atoms. The summed E-state index contributed by atoms with van der Waals surface area (Å²) in [5.74, 6) is -0.766. The normalized spacial score (nSPS) is 21.6. The van der Waals surface area contributed by atoms with Crippen molar-refractivity contribution in [3.63, 3.8) is 0 Å². The minimum absolute atomic E-state index is 0. The number of nitrogens with zero attached hydrogens (tertiary/aromatic N) is 1. The zero-order valence-electron chi connectivity index (χ0n) is 13.5. The molecule has 23 heavy (non-hydrogen) atoms. The third-order valence-corrected chi connectivity index (χ3v) is 5.35. The highest BCUT2D eigenvalue weighted by Crippen LogP contribution is 2.40. The van der Waals surface area contributed by atoms with Gasteiger partial charge < -0.3 is 29.1 Å². The zero-order valence-corrected chi connectivity index (χ0v) is 16.5. The maximum absolute atomic E-state index is 11.2. The van der Waals surface area contributed by atoms with Gasteiger partial charge in [-0.2, -0.15) is 8.42 Å². The number of aliphatic carboxylic acids is 1. The Morgan fingerprint density at radius 3 is 2.52 bits per heavy atom. The van der Waals surface area contributed by atoms with Crippen LogP contribution in [0.3, 0.4) is 0 Å². The Kier molecular flexibility index (Phi) is 6.76. The average Bonchev–Trinajstić information content (AvgIpc) is 2.63. The molecule has 1 unspecified atom stereocenters. The topological polar surface area (TPSA) is 74.5 Å². The Hall–Kier alpha value is -0.960. The van der Waals surface area contributed by atoms with Crippen molar-refractivity contribution in [1.82, 2.24) is 0 Å². The molecule has 7 heteroatoms. The summed E-state index contributed by atoms with van der Waals surface area (Å²) in [5.41, 5.74) is 1.96. The molecule has 128 valence electrons. The van der Waals surface area contributed by atoms with Crippen molar-refractivity contribution in [2.24, 2.45) is 5.41 Å². The van der Waals surface area contributed by atoms with Gasteiger partial charge in [-0.3, -0.25) is 4.79 Å². The van der Waals surface area contributed by atoms with Gasteiger partial charge in [0, 0.05) is 24.5 Å². The number of fused-ring (bicyclic) bond motifs is 1. The molecular weight excluding hydrogens is 429 g/mol. The lowest BCUT2D eigenvalue weighted by atomic mass is 9.78. The van der Waals surface area contributed by atoms with Crippen LogP contribution in [-0.2, 0) is 15.1 Å². The SMILES string of the molecule is CC1[N+](CCCCC(=O)O)=C2C=CC(=S(=O)=O)C=C2C1(C)C.[I-]. The van der Waals surface area contributed by atoms with E-state index in [2.05, 4.69) is 25.3 Å². The smallest absolute Gasteiger partial charge is 0.303 e. The van der Waals surface area contributed by atoms with Crippen molar-refractivity contribution in [3.05, 3.63) is 23.8 Å². The molecule has 0 saturated heterocycles. The second-order valence-corrected chi connectivity index (χ2v) is 7.30. The first kappa shape index (κ1) is 20.1. The first-order valence-electron chi connectivity index (χ1n) is 7.47. The van der Waals surface area contributed by atoms with Crippen LogP contribution in [-0.4, -0.2) is 47.2 Å². The van der Waals surface area contributed by atoms with Crippen LogP contribution < -0.4 is 24.0 Å². The fourth-order valence-corrected chi connectivity index (χ4v) is 3.47. The van der Waals surface area contributed by atoms with Gasteiger partial charge in [-0.15, -0.1) is 0 Å². The third-order valence-electron chi connectivity index (χ3n) is 4.72. The molecule has 5 nitrogen and oxygen atoms in total. The van der Waals surface area contributed by atoms with Crippen LogP contribution in [0.2, 0.25) is 0 Å². The van der Waals surface area contributed by atoms with Crippen molar-refractivity contribution in [1.29, 1.82) is 0 Å². The summed E-state index contributed by atoms with van der Waals surface area (Å²) in [6.07, 6.45) is 6.89. The predicted molar refractivity (Wildman–Crippen MR) is 86.0 cm³/mol. The fraction of sp³-hybridized carbons (Fsp3) is 0.562. The van der Waals surface area contributed by atoms with Gasteiger partial charge in [0.05, 0.1) is 10.3 Å². The van der Waals surface area contributed by atoms with Crippen LogP contribution in [0.4, 0.5) is 0 Å². The minimum Gasteiger partial charge on any atom is -1.00 e. The van der Waals surface area contributed by atoms with Gasteiger partial charge in [0.1, 0.15) is 6.54 Å². The molecule has 1 aliphatic carbocycles. The molecule has 1 heterocycles. The lowest BCUT2D eigenvalue weighted by Gasteiger charge is -2.22. The highest BCUT2D eigenvalue weighted by molar-refractivity contribution is 7.73. The second kappa shape index (κ2) is 7.74. The second-order valence-electron chi connectivity index (χ2n) is 6.36. The molecule has 2 rings (SSSR count). The number of carboxylic acids is 1. The van der Waals surface area contributed by atoms with Crippen molar-refractivity contribution in [2.45, 2.75) is 46.1 Å². The predicted octanol–water partition coefficient (Wildman–Crippen LogP) is -1.33. The fourth-order valence-electron chi connectivity index (χ4n) is 3.08. The molecule has 0 fully saturated rings. The molecule has 1 atom stereocenters. The Morgan fingerprint density at radius 1 is 1.30 bits per heavy atom. The molecule has 1 N–H and O–H groups in total. The van der Waals surface area contributed by atoms with Crippen LogP contribution in [0.25, 0.3) is 0 Å². The van der Waals surface area contributed by atoms with Gasteiger partial charge in [-0.1, -0.05) is 0 Å². The van der Waals surface area contributed by atoms with Crippen molar-refractivity contribution in [2.75, 3.05) is 6.54 Å². The summed E-state index contributed by atoms with van der Waals surface area (Å²) in [6.45, 7) is 7.15. The Balaban J connectivity index is 0.00000264. The van der Waals surface area contributed by atoms with E-state index in [0.29, 0.717) is 11.3 Å². The Morgan fingerprint density at radius 2 is 1.96 bits per heavy atom. The van der Waals surface area contributed by atoms with E-state index in [1.54, 1.807) is 12.2 Å².